The number of aldehydes is 1. The third-order valence-electron chi connectivity index (χ3n) is 2.93. The van der Waals surface area contributed by atoms with Crippen molar-refractivity contribution in [1.29, 1.82) is 0 Å². The summed E-state index contributed by atoms with van der Waals surface area (Å²) < 4.78 is 15.5. The molecule has 3 rings (SSSR count). The highest BCUT2D eigenvalue weighted by Gasteiger charge is 2.13. The molecular weight excluding hydrogens is 337 g/mol. The number of hydrogen-bond donors (Lipinski definition) is 0. The van der Waals surface area contributed by atoms with E-state index in [2.05, 4.69) is 26.0 Å². The standard InChI is InChI=1S/C15H9BrFN3O/c16-11-1-4-13(5-2-11)20-8-10(9-21)15(19-20)14-6-3-12(17)7-18-14/h1-9H. The van der Waals surface area contributed by atoms with Gasteiger partial charge in [0.2, 0.25) is 0 Å². The largest absolute Gasteiger partial charge is 0.298 e. The van der Waals surface area contributed by atoms with Gasteiger partial charge in [-0.3, -0.25) is 9.78 Å². The first-order valence-electron chi connectivity index (χ1n) is 6.10. The van der Waals surface area contributed by atoms with Gasteiger partial charge < -0.3 is 0 Å². The van der Waals surface area contributed by atoms with Crippen molar-refractivity contribution in [3.8, 4) is 17.1 Å². The molecule has 0 unspecified atom stereocenters. The molecule has 0 aliphatic heterocycles. The van der Waals surface area contributed by atoms with Gasteiger partial charge >= 0.3 is 0 Å². The summed E-state index contributed by atoms with van der Waals surface area (Å²) in [5.41, 5.74) is 2.09. The molecule has 0 fully saturated rings. The van der Waals surface area contributed by atoms with E-state index in [0.29, 0.717) is 23.2 Å². The molecule has 0 aliphatic carbocycles. The van der Waals surface area contributed by atoms with Crippen LogP contribution in [0.15, 0.2) is 53.3 Å². The van der Waals surface area contributed by atoms with E-state index in [1.54, 1.807) is 10.9 Å². The Morgan fingerprint density at radius 2 is 1.90 bits per heavy atom. The summed E-state index contributed by atoms with van der Waals surface area (Å²) >= 11 is 3.36. The van der Waals surface area contributed by atoms with Gasteiger partial charge in [-0.25, -0.2) is 9.07 Å². The van der Waals surface area contributed by atoms with Gasteiger partial charge in [0.25, 0.3) is 0 Å². The summed E-state index contributed by atoms with van der Waals surface area (Å²) in [4.78, 5) is 15.2. The molecule has 0 radical (unpaired) electrons. The van der Waals surface area contributed by atoms with Crippen LogP contribution >= 0.6 is 15.9 Å². The summed E-state index contributed by atoms with van der Waals surface area (Å²) in [6.07, 6.45) is 3.43. The second kappa shape index (κ2) is 5.57. The van der Waals surface area contributed by atoms with Gasteiger partial charge in [-0.1, -0.05) is 15.9 Å². The number of carbonyl (C=O) groups is 1. The first kappa shape index (κ1) is 13.6. The Morgan fingerprint density at radius 1 is 1.14 bits per heavy atom. The molecule has 0 atom stereocenters. The predicted molar refractivity (Wildman–Crippen MR) is 79.8 cm³/mol. The van der Waals surface area contributed by atoms with E-state index in [0.717, 1.165) is 16.4 Å². The molecule has 21 heavy (non-hydrogen) atoms. The number of hydrogen-bond acceptors (Lipinski definition) is 3. The van der Waals surface area contributed by atoms with Crippen LogP contribution in [0.2, 0.25) is 0 Å². The van der Waals surface area contributed by atoms with Gasteiger partial charge in [-0.05, 0) is 36.4 Å². The van der Waals surface area contributed by atoms with Crippen molar-refractivity contribution in [2.75, 3.05) is 0 Å². The van der Waals surface area contributed by atoms with E-state index >= 15 is 0 Å². The molecule has 0 bridgehead atoms. The summed E-state index contributed by atoms with van der Waals surface area (Å²) in [6.45, 7) is 0. The Morgan fingerprint density at radius 3 is 2.52 bits per heavy atom. The monoisotopic (exact) mass is 345 g/mol. The highest BCUT2D eigenvalue weighted by atomic mass is 79.9. The number of rotatable bonds is 3. The van der Waals surface area contributed by atoms with Crippen molar-refractivity contribution < 1.29 is 9.18 Å². The Balaban J connectivity index is 2.08. The zero-order chi connectivity index (χ0) is 14.8. The van der Waals surface area contributed by atoms with Gasteiger partial charge in [0.15, 0.2) is 6.29 Å². The van der Waals surface area contributed by atoms with Gasteiger partial charge in [0.1, 0.15) is 11.5 Å². The Bertz CT molecular complexity index is 782. The van der Waals surface area contributed by atoms with Crippen molar-refractivity contribution in [3.05, 3.63) is 64.6 Å². The molecular formula is C15H9BrFN3O. The molecule has 6 heteroatoms. The Labute approximate surface area is 128 Å². The fraction of sp³-hybridized carbons (Fsp3) is 0. The number of pyridine rings is 1. The van der Waals surface area contributed by atoms with Gasteiger partial charge in [-0.2, -0.15) is 5.10 Å². The first-order valence-corrected chi connectivity index (χ1v) is 6.89. The minimum atomic E-state index is -0.432. The SMILES string of the molecule is O=Cc1cn(-c2ccc(Br)cc2)nc1-c1ccc(F)cn1. The molecule has 1 aromatic carbocycles. The van der Waals surface area contributed by atoms with E-state index < -0.39 is 5.82 Å². The van der Waals surface area contributed by atoms with Gasteiger partial charge in [-0.15, -0.1) is 0 Å². The van der Waals surface area contributed by atoms with Crippen molar-refractivity contribution in [2.24, 2.45) is 0 Å². The number of benzene rings is 1. The van der Waals surface area contributed by atoms with Crippen LogP contribution in [-0.2, 0) is 0 Å². The number of nitrogens with zero attached hydrogens (tertiary/aromatic N) is 3. The molecule has 104 valence electrons. The zero-order valence-electron chi connectivity index (χ0n) is 10.7. The van der Waals surface area contributed by atoms with E-state index in [9.17, 15) is 9.18 Å². The summed E-state index contributed by atoms with van der Waals surface area (Å²) in [5, 5.41) is 4.37. The lowest BCUT2D eigenvalue weighted by molar-refractivity contribution is 0.112. The van der Waals surface area contributed by atoms with Crippen LogP contribution < -0.4 is 0 Å². The molecule has 4 nitrogen and oxygen atoms in total. The van der Waals surface area contributed by atoms with Gasteiger partial charge in [0.05, 0.1) is 23.1 Å². The van der Waals surface area contributed by atoms with Crippen LogP contribution in [0.25, 0.3) is 17.1 Å². The highest BCUT2D eigenvalue weighted by Crippen LogP contribution is 2.21. The lowest BCUT2D eigenvalue weighted by Gasteiger charge is -2.01. The van der Waals surface area contributed by atoms with Crippen LogP contribution in [0.5, 0.6) is 0 Å². The van der Waals surface area contributed by atoms with E-state index in [4.69, 9.17) is 0 Å². The van der Waals surface area contributed by atoms with E-state index in [-0.39, 0.29) is 0 Å². The van der Waals surface area contributed by atoms with Crippen LogP contribution in [-0.4, -0.2) is 21.1 Å². The molecule has 2 aromatic heterocycles. The average Bonchev–Trinajstić information content (AvgIpc) is 2.93. The smallest absolute Gasteiger partial charge is 0.153 e. The fourth-order valence-electron chi connectivity index (χ4n) is 1.91. The molecule has 0 spiro atoms. The predicted octanol–water partition coefficient (Wildman–Crippen LogP) is 3.65. The maximum Gasteiger partial charge on any atom is 0.153 e. The maximum atomic E-state index is 12.9. The van der Waals surface area contributed by atoms with Crippen LogP contribution in [0.1, 0.15) is 10.4 Å². The molecule has 0 amide bonds. The Hall–Kier alpha value is -2.34. The average molecular weight is 346 g/mol. The quantitative estimate of drug-likeness (QED) is 0.680. The van der Waals surface area contributed by atoms with Crippen molar-refractivity contribution in [3.63, 3.8) is 0 Å². The number of carbonyl (C=O) groups excluding carboxylic acids is 1. The van der Waals surface area contributed by atoms with Gasteiger partial charge in [0, 0.05) is 10.7 Å². The minimum absolute atomic E-state index is 0.400. The molecule has 0 N–H and O–H groups in total. The lowest BCUT2D eigenvalue weighted by atomic mass is 10.2. The summed E-state index contributed by atoms with van der Waals surface area (Å²) in [6, 6.07) is 10.3. The molecule has 2 heterocycles. The topological polar surface area (TPSA) is 47.8 Å². The third-order valence-corrected chi connectivity index (χ3v) is 3.46. The van der Waals surface area contributed by atoms with Crippen LogP contribution in [0.4, 0.5) is 4.39 Å². The van der Waals surface area contributed by atoms with Crippen molar-refractivity contribution in [1.82, 2.24) is 14.8 Å². The normalized spacial score (nSPS) is 10.6. The Kier molecular flexibility index (Phi) is 3.62. The first-order chi connectivity index (χ1) is 10.2. The minimum Gasteiger partial charge on any atom is -0.298 e. The fourth-order valence-corrected chi connectivity index (χ4v) is 2.18. The molecule has 0 saturated carbocycles. The number of halogens is 2. The lowest BCUT2D eigenvalue weighted by Crippen LogP contribution is -1.95. The number of aromatic nitrogens is 3. The van der Waals surface area contributed by atoms with E-state index in [1.165, 1.54) is 12.1 Å². The second-order valence-corrected chi connectivity index (χ2v) is 5.25. The molecule has 0 aliphatic rings. The third kappa shape index (κ3) is 2.75. The van der Waals surface area contributed by atoms with Crippen molar-refractivity contribution >= 4 is 22.2 Å². The van der Waals surface area contributed by atoms with Crippen LogP contribution in [0.3, 0.4) is 0 Å². The highest BCUT2D eigenvalue weighted by molar-refractivity contribution is 9.10. The molecule has 0 saturated heterocycles. The van der Waals surface area contributed by atoms with E-state index in [1.807, 2.05) is 24.3 Å². The summed E-state index contributed by atoms with van der Waals surface area (Å²) in [7, 11) is 0. The van der Waals surface area contributed by atoms with Crippen LogP contribution in [0, 0.1) is 5.82 Å². The zero-order valence-corrected chi connectivity index (χ0v) is 12.3. The maximum absolute atomic E-state index is 12.9. The molecule has 3 aromatic rings. The summed E-state index contributed by atoms with van der Waals surface area (Å²) in [5.74, 6) is -0.432. The second-order valence-electron chi connectivity index (χ2n) is 4.33. The van der Waals surface area contributed by atoms with Crippen molar-refractivity contribution in [2.45, 2.75) is 0 Å².